The van der Waals surface area contributed by atoms with Crippen LogP contribution in [0.4, 0.5) is 0 Å². The number of benzene rings is 1. The van der Waals surface area contributed by atoms with Crippen molar-refractivity contribution >= 4 is 0 Å². The first-order valence-corrected chi connectivity index (χ1v) is 13.8. The fourth-order valence-electron chi connectivity index (χ4n) is 7.27. The third-order valence-corrected chi connectivity index (χ3v) is 8.53. The lowest BCUT2D eigenvalue weighted by molar-refractivity contribution is -0.00521. The van der Waals surface area contributed by atoms with Crippen LogP contribution in [0, 0.1) is 17.8 Å². The molecule has 0 saturated heterocycles. The number of ether oxygens (including phenoxy) is 1. The van der Waals surface area contributed by atoms with Crippen LogP contribution in [-0.2, 0) is 5.41 Å². The summed E-state index contributed by atoms with van der Waals surface area (Å²) in [6.07, 6.45) is 18.9. The molecule has 0 heterocycles. The van der Waals surface area contributed by atoms with Crippen LogP contribution < -0.4 is 10.1 Å². The molecule has 2 N–H and O–H groups in total. The number of hydrogen-bond donors (Lipinski definition) is 2. The minimum Gasteiger partial charge on any atom is -0.491 e. The van der Waals surface area contributed by atoms with Crippen molar-refractivity contribution in [3.8, 4) is 5.75 Å². The largest absolute Gasteiger partial charge is 0.491 e. The Labute approximate surface area is 196 Å². The average molecular weight is 442 g/mol. The minimum absolute atomic E-state index is 0.362. The smallest absolute Gasteiger partial charge is 0.119 e. The zero-order valence-corrected chi connectivity index (χ0v) is 20.5. The molecule has 1 atom stereocenters. The number of aliphatic hydroxyl groups excluding tert-OH is 1. The van der Waals surface area contributed by atoms with Crippen molar-refractivity contribution in [2.24, 2.45) is 17.8 Å². The Kier molecular flexibility index (Phi) is 8.94. The molecule has 3 nitrogen and oxygen atoms in total. The predicted molar refractivity (Wildman–Crippen MR) is 133 cm³/mol. The van der Waals surface area contributed by atoms with Gasteiger partial charge in [-0.25, -0.2) is 0 Å². The summed E-state index contributed by atoms with van der Waals surface area (Å²) in [5, 5.41) is 13.6. The van der Waals surface area contributed by atoms with E-state index in [0.29, 0.717) is 18.6 Å². The van der Waals surface area contributed by atoms with Crippen LogP contribution in [0.3, 0.4) is 0 Å². The van der Waals surface area contributed by atoms with Gasteiger partial charge in [0.1, 0.15) is 18.5 Å². The molecule has 0 radical (unpaired) electrons. The molecule has 3 heteroatoms. The van der Waals surface area contributed by atoms with E-state index in [1.165, 1.54) is 95.5 Å². The van der Waals surface area contributed by atoms with Gasteiger partial charge < -0.3 is 15.2 Å². The van der Waals surface area contributed by atoms with E-state index >= 15 is 0 Å². The van der Waals surface area contributed by atoms with Crippen molar-refractivity contribution in [1.29, 1.82) is 0 Å². The molecule has 5 rings (SSSR count). The third-order valence-electron chi connectivity index (χ3n) is 8.53. The summed E-state index contributed by atoms with van der Waals surface area (Å²) in [5.41, 5.74) is 1.99. The topological polar surface area (TPSA) is 41.5 Å². The first kappa shape index (κ1) is 24.1. The van der Waals surface area contributed by atoms with E-state index in [-0.39, 0.29) is 0 Å². The lowest BCUT2D eigenvalue weighted by Gasteiger charge is -2.57. The molecule has 32 heavy (non-hydrogen) atoms. The van der Waals surface area contributed by atoms with E-state index in [0.717, 1.165) is 30.0 Å². The highest BCUT2D eigenvalue weighted by molar-refractivity contribution is 5.34. The highest BCUT2D eigenvalue weighted by atomic mass is 16.5. The first-order valence-electron chi connectivity index (χ1n) is 13.8. The van der Waals surface area contributed by atoms with Crippen LogP contribution in [0.25, 0.3) is 0 Å². The fraction of sp³-hybridized carbons (Fsp3) is 0.793. The molecule has 1 aromatic rings. The molecule has 0 aromatic heterocycles. The van der Waals surface area contributed by atoms with E-state index < -0.39 is 6.10 Å². The molecular weight excluding hydrogens is 394 g/mol. The van der Waals surface area contributed by atoms with Crippen LogP contribution in [0.2, 0.25) is 0 Å². The first-order chi connectivity index (χ1) is 15.7. The van der Waals surface area contributed by atoms with Crippen LogP contribution in [0.1, 0.15) is 102 Å². The fourth-order valence-corrected chi connectivity index (χ4v) is 7.27. The Morgan fingerprint density at radius 2 is 1.44 bits per heavy atom. The standard InChI is InChI=1S/C29H47NO2/c1-2-3-4-5-6-7-8-9-14-30-21-27(31)22-32-28-12-10-26(11-13-28)29-18-23-15-24(19-29)17-25(16-23)20-29/h10-13,23-25,27,30-31H,2-9,14-22H2,1H3. The van der Waals surface area contributed by atoms with Gasteiger partial charge in [0.15, 0.2) is 0 Å². The molecule has 1 aromatic carbocycles. The van der Waals surface area contributed by atoms with Crippen molar-refractivity contribution < 1.29 is 9.84 Å². The van der Waals surface area contributed by atoms with E-state index in [9.17, 15) is 5.11 Å². The number of unbranched alkanes of at least 4 members (excludes halogenated alkanes) is 7. The maximum absolute atomic E-state index is 10.3. The second kappa shape index (κ2) is 11.9. The van der Waals surface area contributed by atoms with Gasteiger partial charge in [0.2, 0.25) is 0 Å². The van der Waals surface area contributed by atoms with Crippen molar-refractivity contribution in [3.05, 3.63) is 29.8 Å². The minimum atomic E-state index is -0.452. The Morgan fingerprint density at radius 1 is 0.875 bits per heavy atom. The lowest BCUT2D eigenvalue weighted by atomic mass is 9.48. The number of aliphatic hydroxyl groups is 1. The molecule has 1 unspecified atom stereocenters. The summed E-state index contributed by atoms with van der Waals surface area (Å²) in [6, 6.07) is 8.90. The molecule has 0 spiro atoms. The van der Waals surface area contributed by atoms with Gasteiger partial charge in [0, 0.05) is 6.54 Å². The molecule has 0 amide bonds. The summed E-state index contributed by atoms with van der Waals surface area (Å²) in [7, 11) is 0. The van der Waals surface area contributed by atoms with Gasteiger partial charge >= 0.3 is 0 Å². The Morgan fingerprint density at radius 3 is 2.03 bits per heavy atom. The van der Waals surface area contributed by atoms with E-state index in [1.54, 1.807) is 0 Å². The quantitative estimate of drug-likeness (QED) is 0.300. The van der Waals surface area contributed by atoms with Gasteiger partial charge in [0.05, 0.1) is 0 Å². The number of hydrogen-bond acceptors (Lipinski definition) is 3. The van der Waals surface area contributed by atoms with Crippen LogP contribution in [0.5, 0.6) is 5.75 Å². The zero-order chi connectivity index (χ0) is 22.2. The molecular formula is C29H47NO2. The third kappa shape index (κ3) is 6.50. The van der Waals surface area contributed by atoms with Gasteiger partial charge in [-0.3, -0.25) is 0 Å². The van der Waals surface area contributed by atoms with Gasteiger partial charge in [-0.2, -0.15) is 0 Å². The zero-order valence-electron chi connectivity index (χ0n) is 20.5. The Balaban J connectivity index is 1.09. The van der Waals surface area contributed by atoms with Crippen LogP contribution in [0.15, 0.2) is 24.3 Å². The summed E-state index contributed by atoms with van der Waals surface area (Å²) in [4.78, 5) is 0. The van der Waals surface area contributed by atoms with E-state index in [2.05, 4.69) is 36.5 Å². The van der Waals surface area contributed by atoms with Crippen molar-refractivity contribution in [3.63, 3.8) is 0 Å². The van der Waals surface area contributed by atoms with Crippen LogP contribution in [-0.4, -0.2) is 30.9 Å². The summed E-state index contributed by atoms with van der Waals surface area (Å²) >= 11 is 0. The van der Waals surface area contributed by atoms with Crippen molar-refractivity contribution in [2.75, 3.05) is 19.7 Å². The lowest BCUT2D eigenvalue weighted by Crippen LogP contribution is -2.48. The van der Waals surface area contributed by atoms with Crippen molar-refractivity contribution in [2.45, 2.75) is 108 Å². The van der Waals surface area contributed by atoms with Gasteiger partial charge in [-0.1, -0.05) is 64.0 Å². The maximum Gasteiger partial charge on any atom is 0.119 e. The Hall–Kier alpha value is -1.06. The average Bonchev–Trinajstić information content (AvgIpc) is 2.78. The van der Waals surface area contributed by atoms with Crippen molar-refractivity contribution in [1.82, 2.24) is 5.32 Å². The summed E-state index contributed by atoms with van der Waals surface area (Å²) in [6.45, 7) is 4.24. The Bertz CT molecular complexity index is 635. The molecule has 4 aliphatic carbocycles. The number of nitrogens with one attached hydrogen (secondary N) is 1. The monoisotopic (exact) mass is 441 g/mol. The molecule has 180 valence electrons. The highest BCUT2D eigenvalue weighted by Crippen LogP contribution is 2.60. The maximum atomic E-state index is 10.3. The van der Waals surface area contributed by atoms with Gasteiger partial charge in [-0.15, -0.1) is 0 Å². The molecule has 4 saturated carbocycles. The summed E-state index contributed by atoms with van der Waals surface area (Å²) in [5.74, 6) is 3.82. The molecule has 4 aliphatic rings. The second-order valence-electron chi connectivity index (χ2n) is 11.4. The molecule has 4 fully saturated rings. The predicted octanol–water partition coefficient (Wildman–Crippen LogP) is 6.62. The molecule has 0 aliphatic heterocycles. The molecule has 4 bridgehead atoms. The number of rotatable bonds is 15. The second-order valence-corrected chi connectivity index (χ2v) is 11.4. The highest BCUT2D eigenvalue weighted by Gasteiger charge is 2.51. The van der Waals surface area contributed by atoms with E-state index in [4.69, 9.17) is 4.74 Å². The van der Waals surface area contributed by atoms with E-state index in [1.807, 2.05) is 0 Å². The summed E-state index contributed by atoms with van der Waals surface area (Å²) < 4.78 is 5.89. The van der Waals surface area contributed by atoms with Gasteiger partial charge in [0.25, 0.3) is 0 Å². The SMILES string of the molecule is CCCCCCCCCCNCC(O)COc1ccc(C23CC4CC(CC(C4)C2)C3)cc1. The van der Waals surface area contributed by atoms with Crippen LogP contribution >= 0.6 is 0 Å². The van der Waals surface area contributed by atoms with Gasteiger partial charge in [-0.05, 0) is 92.4 Å². The normalized spacial score (nSPS) is 29.4.